The third-order valence-electron chi connectivity index (χ3n) is 4.01. The van der Waals surface area contributed by atoms with Gasteiger partial charge in [-0.15, -0.1) is 0 Å². The number of nitrogens with zero attached hydrogens (tertiary/aromatic N) is 1. The summed E-state index contributed by atoms with van der Waals surface area (Å²) >= 11 is 0. The number of sulfonamides is 1. The van der Waals surface area contributed by atoms with E-state index in [1.54, 1.807) is 36.1 Å². The fourth-order valence-corrected chi connectivity index (χ4v) is 3.84. The number of likely N-dealkylation sites (tertiary alicyclic amines) is 1. The predicted octanol–water partition coefficient (Wildman–Crippen LogP) is 1.93. The summed E-state index contributed by atoms with van der Waals surface area (Å²) in [5.41, 5.74) is 1.08. The molecule has 0 aliphatic carbocycles. The van der Waals surface area contributed by atoms with Crippen LogP contribution >= 0.6 is 0 Å². The van der Waals surface area contributed by atoms with Crippen molar-refractivity contribution in [2.45, 2.75) is 50.5 Å². The van der Waals surface area contributed by atoms with Crippen molar-refractivity contribution < 1.29 is 13.2 Å². The van der Waals surface area contributed by atoms with E-state index in [0.29, 0.717) is 0 Å². The van der Waals surface area contributed by atoms with Crippen molar-refractivity contribution in [2.24, 2.45) is 0 Å². The van der Waals surface area contributed by atoms with E-state index in [1.165, 1.54) is 0 Å². The van der Waals surface area contributed by atoms with Crippen LogP contribution in [0.5, 0.6) is 0 Å². The number of piperidine rings is 1. The summed E-state index contributed by atoms with van der Waals surface area (Å²) in [6.07, 6.45) is 3.97. The monoisotopic (exact) mass is 324 g/mol. The zero-order chi connectivity index (χ0) is 16.2. The van der Waals surface area contributed by atoms with Gasteiger partial charge in [0.15, 0.2) is 0 Å². The Hall–Kier alpha value is -1.40. The van der Waals surface area contributed by atoms with Gasteiger partial charge in [0.1, 0.15) is 0 Å². The maximum atomic E-state index is 12.3. The second-order valence-electron chi connectivity index (χ2n) is 5.73. The Balaban J connectivity index is 2.04. The molecule has 1 aromatic rings. The molecule has 0 spiro atoms. The Morgan fingerprint density at radius 3 is 2.32 bits per heavy atom. The van der Waals surface area contributed by atoms with Gasteiger partial charge in [0.2, 0.25) is 15.9 Å². The third-order valence-corrected chi connectivity index (χ3v) is 5.57. The van der Waals surface area contributed by atoms with Crippen molar-refractivity contribution in [3.8, 4) is 0 Å². The lowest BCUT2D eigenvalue weighted by molar-refractivity contribution is -0.133. The minimum absolute atomic E-state index is 0.145. The minimum Gasteiger partial charge on any atom is -0.341 e. The summed E-state index contributed by atoms with van der Waals surface area (Å²) < 4.78 is 27.2. The molecular formula is C16H24N2O3S. The van der Waals surface area contributed by atoms with E-state index in [1.807, 2.05) is 6.92 Å². The van der Waals surface area contributed by atoms with Crippen LogP contribution in [0.4, 0.5) is 0 Å². The van der Waals surface area contributed by atoms with Gasteiger partial charge in [-0.2, -0.15) is 4.72 Å². The molecule has 0 saturated carbocycles. The van der Waals surface area contributed by atoms with Crippen LogP contribution in [-0.2, 0) is 21.2 Å². The predicted molar refractivity (Wildman–Crippen MR) is 86.0 cm³/mol. The number of aryl methyl sites for hydroxylation is 1. The molecule has 5 nitrogen and oxygen atoms in total. The smallest absolute Gasteiger partial charge is 0.241 e. The molecule has 1 aliphatic heterocycles. The first-order valence-electron chi connectivity index (χ1n) is 7.84. The van der Waals surface area contributed by atoms with Gasteiger partial charge in [0, 0.05) is 13.1 Å². The normalized spacial score (nSPS) is 17.3. The number of amides is 1. The van der Waals surface area contributed by atoms with Crippen molar-refractivity contribution >= 4 is 15.9 Å². The lowest BCUT2D eigenvalue weighted by Crippen LogP contribution is -2.48. The van der Waals surface area contributed by atoms with Crippen molar-refractivity contribution in [1.29, 1.82) is 0 Å². The number of carbonyl (C=O) groups is 1. The van der Waals surface area contributed by atoms with Gasteiger partial charge in [-0.25, -0.2) is 8.42 Å². The van der Waals surface area contributed by atoms with Crippen LogP contribution in [0.2, 0.25) is 0 Å². The number of carbonyl (C=O) groups excluding carboxylic acids is 1. The second kappa shape index (κ2) is 7.24. The first-order valence-corrected chi connectivity index (χ1v) is 9.32. The standard InChI is InChI=1S/C16H24N2O3S/c1-3-14-7-9-15(10-8-14)22(20,21)17-13(2)16(19)18-11-5-4-6-12-18/h7-10,13,17H,3-6,11-12H2,1-2H3. The molecule has 2 rings (SSSR count). The van der Waals surface area contributed by atoms with Crippen LogP contribution in [0.25, 0.3) is 0 Å². The van der Waals surface area contributed by atoms with Crippen LogP contribution in [0.15, 0.2) is 29.2 Å². The number of hydrogen-bond acceptors (Lipinski definition) is 3. The summed E-state index contributed by atoms with van der Waals surface area (Å²) in [4.78, 5) is 14.3. The highest BCUT2D eigenvalue weighted by Gasteiger charge is 2.26. The maximum absolute atomic E-state index is 12.3. The fraction of sp³-hybridized carbons (Fsp3) is 0.562. The molecule has 0 bridgehead atoms. The van der Waals surface area contributed by atoms with E-state index in [4.69, 9.17) is 0 Å². The summed E-state index contributed by atoms with van der Waals surface area (Å²) in [6, 6.07) is 6.02. The molecule has 1 amide bonds. The number of rotatable bonds is 5. The van der Waals surface area contributed by atoms with Gasteiger partial charge in [-0.05, 0) is 50.3 Å². The largest absolute Gasteiger partial charge is 0.341 e. The summed E-state index contributed by atoms with van der Waals surface area (Å²) in [6.45, 7) is 5.06. The Morgan fingerprint density at radius 1 is 1.18 bits per heavy atom. The highest BCUT2D eigenvalue weighted by molar-refractivity contribution is 7.89. The molecule has 1 unspecified atom stereocenters. The first kappa shape index (κ1) is 17.0. The van der Waals surface area contributed by atoms with Crippen LogP contribution in [0.3, 0.4) is 0 Å². The second-order valence-corrected chi connectivity index (χ2v) is 7.44. The minimum atomic E-state index is -3.67. The highest BCUT2D eigenvalue weighted by Crippen LogP contribution is 2.14. The van der Waals surface area contributed by atoms with Gasteiger partial charge in [0.25, 0.3) is 0 Å². The Labute approximate surface area is 132 Å². The van der Waals surface area contributed by atoms with Crippen molar-refractivity contribution in [3.63, 3.8) is 0 Å². The molecule has 1 atom stereocenters. The van der Waals surface area contributed by atoms with Crippen molar-refractivity contribution in [3.05, 3.63) is 29.8 Å². The molecule has 1 heterocycles. The molecule has 1 aliphatic rings. The van der Waals surface area contributed by atoms with Gasteiger partial charge < -0.3 is 4.90 Å². The quantitative estimate of drug-likeness (QED) is 0.900. The molecule has 22 heavy (non-hydrogen) atoms. The molecule has 122 valence electrons. The molecule has 0 radical (unpaired) electrons. The lowest BCUT2D eigenvalue weighted by Gasteiger charge is -2.29. The Morgan fingerprint density at radius 2 is 1.77 bits per heavy atom. The SMILES string of the molecule is CCc1ccc(S(=O)(=O)NC(C)C(=O)N2CCCCC2)cc1. The molecule has 1 N–H and O–H groups in total. The van der Waals surface area contributed by atoms with Crippen molar-refractivity contribution in [2.75, 3.05) is 13.1 Å². The van der Waals surface area contributed by atoms with E-state index in [-0.39, 0.29) is 10.8 Å². The molecular weight excluding hydrogens is 300 g/mol. The fourth-order valence-electron chi connectivity index (χ4n) is 2.64. The van der Waals surface area contributed by atoms with E-state index in [0.717, 1.165) is 44.3 Å². The van der Waals surface area contributed by atoms with Gasteiger partial charge in [-0.3, -0.25) is 4.79 Å². The number of benzene rings is 1. The first-order chi connectivity index (χ1) is 10.4. The topological polar surface area (TPSA) is 66.5 Å². The molecule has 1 aromatic carbocycles. The maximum Gasteiger partial charge on any atom is 0.241 e. The van der Waals surface area contributed by atoms with E-state index < -0.39 is 16.1 Å². The van der Waals surface area contributed by atoms with Crippen LogP contribution in [-0.4, -0.2) is 38.4 Å². The molecule has 0 aromatic heterocycles. The highest BCUT2D eigenvalue weighted by atomic mass is 32.2. The van der Waals surface area contributed by atoms with Crippen LogP contribution < -0.4 is 4.72 Å². The summed E-state index contributed by atoms with van der Waals surface area (Å²) in [5.74, 6) is -0.145. The van der Waals surface area contributed by atoms with Gasteiger partial charge in [0.05, 0.1) is 10.9 Å². The van der Waals surface area contributed by atoms with E-state index >= 15 is 0 Å². The zero-order valence-corrected chi connectivity index (χ0v) is 14.0. The average Bonchev–Trinajstić information content (AvgIpc) is 2.54. The summed E-state index contributed by atoms with van der Waals surface area (Å²) in [7, 11) is -3.67. The number of hydrogen-bond donors (Lipinski definition) is 1. The van der Waals surface area contributed by atoms with Crippen LogP contribution in [0.1, 0.15) is 38.7 Å². The molecule has 1 fully saturated rings. The third kappa shape index (κ3) is 4.08. The van der Waals surface area contributed by atoms with Crippen molar-refractivity contribution in [1.82, 2.24) is 9.62 Å². The van der Waals surface area contributed by atoms with Crippen LogP contribution in [0, 0.1) is 0 Å². The average molecular weight is 324 g/mol. The lowest BCUT2D eigenvalue weighted by atomic mass is 10.1. The van der Waals surface area contributed by atoms with E-state index in [2.05, 4.69) is 4.72 Å². The molecule has 6 heteroatoms. The Kier molecular flexibility index (Phi) is 5.58. The summed E-state index contributed by atoms with van der Waals surface area (Å²) in [5, 5.41) is 0. The van der Waals surface area contributed by atoms with E-state index in [9.17, 15) is 13.2 Å². The van der Waals surface area contributed by atoms with Gasteiger partial charge >= 0.3 is 0 Å². The van der Waals surface area contributed by atoms with Gasteiger partial charge in [-0.1, -0.05) is 19.1 Å². The number of nitrogens with one attached hydrogen (secondary N) is 1. The Bertz CT molecular complexity index is 605. The zero-order valence-electron chi connectivity index (χ0n) is 13.2. The molecule has 1 saturated heterocycles.